The normalized spacial score (nSPS) is 11.2. The number of anilines is 1. The number of rotatable bonds is 6. The summed E-state index contributed by atoms with van der Waals surface area (Å²) in [4.78, 5) is 6.88. The topological polar surface area (TPSA) is 28.2 Å². The summed E-state index contributed by atoms with van der Waals surface area (Å²) in [7, 11) is 0. The van der Waals surface area contributed by atoms with Gasteiger partial charge in [0.2, 0.25) is 0 Å². The first-order valence-electron chi connectivity index (χ1n) is 6.21. The molecular weight excluding hydrogens is 234 g/mol. The Hall–Kier alpha value is -0.800. The van der Waals surface area contributed by atoms with E-state index in [1.165, 1.54) is 0 Å². The van der Waals surface area contributed by atoms with E-state index in [0.717, 1.165) is 36.2 Å². The number of hydrogen-bond donors (Lipinski definition) is 1. The van der Waals surface area contributed by atoms with Crippen LogP contribution in [0.4, 0.5) is 5.82 Å². The molecule has 0 aliphatic carbocycles. The predicted octanol–water partition coefficient (Wildman–Crippen LogP) is 3.40. The standard InChI is InChI=1S/C13H22ClN3/c1-5-15-13-8-7-11(14)12(16-13)9-17(6-2)10(3)4/h7-8,10H,5-6,9H2,1-4H3,(H,15,16). The molecule has 1 aromatic rings. The van der Waals surface area contributed by atoms with Gasteiger partial charge < -0.3 is 5.32 Å². The van der Waals surface area contributed by atoms with Gasteiger partial charge in [-0.3, -0.25) is 4.90 Å². The molecule has 0 spiro atoms. The van der Waals surface area contributed by atoms with Crippen LogP contribution in [-0.2, 0) is 6.54 Å². The molecule has 4 heteroatoms. The fraction of sp³-hybridized carbons (Fsp3) is 0.615. The molecule has 0 fully saturated rings. The number of pyridine rings is 1. The number of aromatic nitrogens is 1. The third kappa shape index (κ3) is 4.17. The fourth-order valence-electron chi connectivity index (χ4n) is 1.73. The van der Waals surface area contributed by atoms with Crippen LogP contribution in [0, 0.1) is 0 Å². The minimum atomic E-state index is 0.501. The molecule has 1 rings (SSSR count). The van der Waals surface area contributed by atoms with Crippen molar-refractivity contribution >= 4 is 17.4 Å². The lowest BCUT2D eigenvalue weighted by Crippen LogP contribution is -2.30. The van der Waals surface area contributed by atoms with E-state index in [0.29, 0.717) is 6.04 Å². The van der Waals surface area contributed by atoms with Gasteiger partial charge >= 0.3 is 0 Å². The maximum absolute atomic E-state index is 6.19. The van der Waals surface area contributed by atoms with E-state index in [1.807, 2.05) is 12.1 Å². The van der Waals surface area contributed by atoms with Gasteiger partial charge in [0, 0.05) is 19.1 Å². The first-order chi connectivity index (χ1) is 8.08. The molecule has 0 unspecified atom stereocenters. The second-order valence-electron chi connectivity index (χ2n) is 4.31. The fourth-order valence-corrected chi connectivity index (χ4v) is 1.89. The minimum absolute atomic E-state index is 0.501. The van der Waals surface area contributed by atoms with Crippen LogP contribution in [0.15, 0.2) is 12.1 Å². The van der Waals surface area contributed by atoms with Gasteiger partial charge in [0.25, 0.3) is 0 Å². The van der Waals surface area contributed by atoms with Gasteiger partial charge in [-0.2, -0.15) is 0 Å². The van der Waals surface area contributed by atoms with E-state index >= 15 is 0 Å². The second kappa shape index (κ2) is 6.82. The predicted molar refractivity (Wildman–Crippen MR) is 74.6 cm³/mol. The average Bonchev–Trinajstić information content (AvgIpc) is 2.29. The van der Waals surface area contributed by atoms with Crippen molar-refractivity contribution in [3.63, 3.8) is 0 Å². The highest BCUT2D eigenvalue weighted by molar-refractivity contribution is 6.31. The summed E-state index contributed by atoms with van der Waals surface area (Å²) in [5.74, 6) is 0.895. The Labute approximate surface area is 109 Å². The molecule has 96 valence electrons. The lowest BCUT2D eigenvalue weighted by Gasteiger charge is -2.24. The summed E-state index contributed by atoms with van der Waals surface area (Å²) in [6.07, 6.45) is 0. The van der Waals surface area contributed by atoms with Gasteiger partial charge in [0.1, 0.15) is 5.82 Å². The average molecular weight is 256 g/mol. The van der Waals surface area contributed by atoms with Crippen LogP contribution in [0.1, 0.15) is 33.4 Å². The summed E-state index contributed by atoms with van der Waals surface area (Å²) < 4.78 is 0. The number of hydrogen-bond acceptors (Lipinski definition) is 3. The minimum Gasteiger partial charge on any atom is -0.370 e. The van der Waals surface area contributed by atoms with E-state index in [1.54, 1.807) is 0 Å². The molecular formula is C13H22ClN3. The summed E-state index contributed by atoms with van der Waals surface area (Å²) >= 11 is 6.19. The van der Waals surface area contributed by atoms with Crippen LogP contribution >= 0.6 is 11.6 Å². The Morgan fingerprint density at radius 1 is 1.35 bits per heavy atom. The van der Waals surface area contributed by atoms with Gasteiger partial charge in [-0.1, -0.05) is 18.5 Å². The molecule has 1 heterocycles. The largest absolute Gasteiger partial charge is 0.370 e. The van der Waals surface area contributed by atoms with Crippen molar-refractivity contribution < 1.29 is 0 Å². The Bertz CT molecular complexity index is 353. The SMILES string of the molecule is CCNc1ccc(Cl)c(CN(CC)C(C)C)n1. The van der Waals surface area contributed by atoms with Crippen LogP contribution in [0.2, 0.25) is 5.02 Å². The van der Waals surface area contributed by atoms with E-state index in [9.17, 15) is 0 Å². The summed E-state index contributed by atoms with van der Waals surface area (Å²) in [5, 5.41) is 3.95. The first-order valence-corrected chi connectivity index (χ1v) is 6.59. The molecule has 0 amide bonds. The first kappa shape index (κ1) is 14.3. The zero-order chi connectivity index (χ0) is 12.8. The molecule has 17 heavy (non-hydrogen) atoms. The molecule has 1 aromatic heterocycles. The van der Waals surface area contributed by atoms with E-state index in [-0.39, 0.29) is 0 Å². The molecule has 0 aromatic carbocycles. The van der Waals surface area contributed by atoms with Gasteiger partial charge in [0.05, 0.1) is 10.7 Å². The van der Waals surface area contributed by atoms with Crippen molar-refractivity contribution in [2.45, 2.75) is 40.3 Å². The third-order valence-corrected chi connectivity index (χ3v) is 3.11. The van der Waals surface area contributed by atoms with Gasteiger partial charge in [-0.25, -0.2) is 4.98 Å². The molecule has 0 saturated heterocycles. The molecule has 0 aliphatic heterocycles. The lowest BCUT2D eigenvalue weighted by atomic mass is 10.2. The van der Waals surface area contributed by atoms with Crippen molar-refractivity contribution in [2.75, 3.05) is 18.4 Å². The molecule has 3 nitrogen and oxygen atoms in total. The quantitative estimate of drug-likeness (QED) is 0.845. The Morgan fingerprint density at radius 3 is 2.59 bits per heavy atom. The van der Waals surface area contributed by atoms with E-state index in [2.05, 4.69) is 42.9 Å². The van der Waals surface area contributed by atoms with E-state index < -0.39 is 0 Å². The number of nitrogens with zero attached hydrogens (tertiary/aromatic N) is 2. The molecule has 0 radical (unpaired) electrons. The van der Waals surface area contributed by atoms with Gasteiger partial charge in [-0.05, 0) is 39.4 Å². The summed E-state index contributed by atoms with van der Waals surface area (Å²) in [6, 6.07) is 4.33. The van der Waals surface area contributed by atoms with Crippen LogP contribution in [0.3, 0.4) is 0 Å². The summed E-state index contributed by atoms with van der Waals surface area (Å²) in [6.45, 7) is 11.3. The number of nitrogens with one attached hydrogen (secondary N) is 1. The highest BCUT2D eigenvalue weighted by Gasteiger charge is 2.11. The highest BCUT2D eigenvalue weighted by atomic mass is 35.5. The highest BCUT2D eigenvalue weighted by Crippen LogP contribution is 2.19. The van der Waals surface area contributed by atoms with Gasteiger partial charge in [0.15, 0.2) is 0 Å². The molecule has 0 saturated carbocycles. The third-order valence-electron chi connectivity index (χ3n) is 2.77. The summed E-state index contributed by atoms with van der Waals surface area (Å²) in [5.41, 5.74) is 0.945. The van der Waals surface area contributed by atoms with Crippen LogP contribution in [0.5, 0.6) is 0 Å². The lowest BCUT2D eigenvalue weighted by molar-refractivity contribution is 0.222. The molecule has 1 N–H and O–H groups in total. The Balaban J connectivity index is 2.84. The van der Waals surface area contributed by atoms with E-state index in [4.69, 9.17) is 11.6 Å². The molecule has 0 atom stereocenters. The van der Waals surface area contributed by atoms with Crippen molar-refractivity contribution in [3.05, 3.63) is 22.8 Å². The van der Waals surface area contributed by atoms with Crippen LogP contribution < -0.4 is 5.32 Å². The Kier molecular flexibility index (Phi) is 5.72. The molecule has 0 bridgehead atoms. The van der Waals surface area contributed by atoms with Crippen molar-refractivity contribution in [2.24, 2.45) is 0 Å². The zero-order valence-electron chi connectivity index (χ0n) is 11.1. The smallest absolute Gasteiger partial charge is 0.126 e. The monoisotopic (exact) mass is 255 g/mol. The van der Waals surface area contributed by atoms with Crippen molar-refractivity contribution in [1.82, 2.24) is 9.88 Å². The second-order valence-corrected chi connectivity index (χ2v) is 4.72. The Morgan fingerprint density at radius 2 is 2.06 bits per heavy atom. The van der Waals surface area contributed by atoms with Gasteiger partial charge in [-0.15, -0.1) is 0 Å². The molecule has 0 aliphatic rings. The maximum atomic E-state index is 6.19. The maximum Gasteiger partial charge on any atom is 0.126 e. The van der Waals surface area contributed by atoms with Crippen molar-refractivity contribution in [1.29, 1.82) is 0 Å². The van der Waals surface area contributed by atoms with Crippen LogP contribution in [-0.4, -0.2) is 29.0 Å². The number of halogens is 1. The zero-order valence-corrected chi connectivity index (χ0v) is 11.9. The van der Waals surface area contributed by atoms with Crippen LogP contribution in [0.25, 0.3) is 0 Å². The van der Waals surface area contributed by atoms with Crippen molar-refractivity contribution in [3.8, 4) is 0 Å².